The van der Waals surface area contributed by atoms with Crippen LogP contribution in [0.1, 0.15) is 70.8 Å². The maximum Gasteiger partial charge on any atom is 0.407 e. The van der Waals surface area contributed by atoms with E-state index in [4.69, 9.17) is 4.74 Å². The number of aliphatic hydroxyl groups is 1. The summed E-state index contributed by atoms with van der Waals surface area (Å²) < 4.78 is 5.22. The number of benzene rings is 1. The SMILES string of the molecule is C[C@]12CC[C@H]3[C@@H](CC=C4C[C@H](O)CC[C@@]43C)[C@@H]1CC[C@@H]2NC(=O)CNC(=O)OCc1ccccc1. The second-order valence-corrected chi connectivity index (χ2v) is 11.8. The van der Waals surface area contributed by atoms with E-state index in [-0.39, 0.29) is 42.0 Å². The van der Waals surface area contributed by atoms with Gasteiger partial charge in [0.25, 0.3) is 0 Å². The van der Waals surface area contributed by atoms with Crippen LogP contribution in [-0.4, -0.2) is 35.8 Å². The molecule has 3 N–H and O–H groups in total. The number of hydrogen-bond donors (Lipinski definition) is 3. The van der Waals surface area contributed by atoms with Gasteiger partial charge < -0.3 is 20.5 Å². The summed E-state index contributed by atoms with van der Waals surface area (Å²) in [5.74, 6) is 1.81. The number of allylic oxidation sites excluding steroid dienone is 1. The molecule has 0 bridgehead atoms. The number of fused-ring (bicyclic) bond motifs is 5. The highest BCUT2D eigenvalue weighted by atomic mass is 16.5. The molecule has 4 aliphatic carbocycles. The molecule has 0 heterocycles. The van der Waals surface area contributed by atoms with Gasteiger partial charge in [-0.05, 0) is 85.5 Å². The normalized spacial score (nSPS) is 37.8. The highest BCUT2D eigenvalue weighted by Crippen LogP contribution is 2.64. The van der Waals surface area contributed by atoms with Gasteiger partial charge in [-0.3, -0.25) is 4.79 Å². The molecule has 4 aliphatic rings. The molecule has 190 valence electrons. The molecule has 3 saturated carbocycles. The van der Waals surface area contributed by atoms with E-state index in [9.17, 15) is 14.7 Å². The van der Waals surface area contributed by atoms with Crippen molar-refractivity contribution < 1.29 is 19.4 Å². The van der Waals surface area contributed by atoms with Crippen LogP contribution in [0.25, 0.3) is 0 Å². The summed E-state index contributed by atoms with van der Waals surface area (Å²) in [4.78, 5) is 24.8. The lowest BCUT2D eigenvalue weighted by molar-refractivity contribution is -0.122. The number of amides is 2. The average Bonchev–Trinajstić information content (AvgIpc) is 3.18. The third-order valence-corrected chi connectivity index (χ3v) is 10.0. The Hall–Kier alpha value is -2.34. The van der Waals surface area contributed by atoms with Gasteiger partial charge in [0.2, 0.25) is 5.91 Å². The second-order valence-electron chi connectivity index (χ2n) is 11.8. The highest BCUT2D eigenvalue weighted by molar-refractivity contribution is 5.82. The first-order valence-electron chi connectivity index (χ1n) is 13.4. The lowest BCUT2D eigenvalue weighted by Gasteiger charge is -2.58. The number of ether oxygens (including phenoxy) is 1. The molecule has 35 heavy (non-hydrogen) atoms. The van der Waals surface area contributed by atoms with Crippen LogP contribution in [0.2, 0.25) is 0 Å². The van der Waals surface area contributed by atoms with Crippen LogP contribution in [0, 0.1) is 28.6 Å². The molecule has 5 rings (SSSR count). The van der Waals surface area contributed by atoms with E-state index in [2.05, 4.69) is 30.6 Å². The minimum Gasteiger partial charge on any atom is -0.445 e. The van der Waals surface area contributed by atoms with E-state index < -0.39 is 6.09 Å². The van der Waals surface area contributed by atoms with Crippen molar-refractivity contribution in [2.24, 2.45) is 28.6 Å². The lowest BCUT2D eigenvalue weighted by atomic mass is 9.48. The second kappa shape index (κ2) is 9.61. The van der Waals surface area contributed by atoms with Crippen LogP contribution in [0.3, 0.4) is 0 Å². The minimum absolute atomic E-state index is 0.0661. The van der Waals surface area contributed by atoms with Crippen LogP contribution in [-0.2, 0) is 16.1 Å². The van der Waals surface area contributed by atoms with Crippen molar-refractivity contribution >= 4 is 12.0 Å². The molecule has 1 aromatic rings. The third kappa shape index (κ3) is 4.62. The average molecular weight is 481 g/mol. The van der Waals surface area contributed by atoms with Gasteiger partial charge in [0.05, 0.1) is 6.10 Å². The van der Waals surface area contributed by atoms with Crippen molar-refractivity contribution in [3.05, 3.63) is 47.5 Å². The van der Waals surface area contributed by atoms with E-state index in [1.165, 1.54) is 12.0 Å². The Morgan fingerprint density at radius 2 is 1.86 bits per heavy atom. The largest absolute Gasteiger partial charge is 0.445 e. The van der Waals surface area contributed by atoms with Crippen molar-refractivity contribution in [2.75, 3.05) is 6.54 Å². The summed E-state index contributed by atoms with van der Waals surface area (Å²) in [6.07, 6.45) is 10.1. The Morgan fingerprint density at radius 3 is 2.66 bits per heavy atom. The van der Waals surface area contributed by atoms with Crippen molar-refractivity contribution in [3.8, 4) is 0 Å². The Balaban J connectivity index is 1.15. The van der Waals surface area contributed by atoms with Crippen molar-refractivity contribution in [1.82, 2.24) is 10.6 Å². The fourth-order valence-electron chi connectivity index (χ4n) is 8.05. The number of carbonyl (C=O) groups excluding carboxylic acids is 2. The smallest absolute Gasteiger partial charge is 0.407 e. The number of aliphatic hydroxyl groups excluding tert-OH is 1. The van der Waals surface area contributed by atoms with Crippen molar-refractivity contribution in [2.45, 2.75) is 84.0 Å². The molecule has 1 aromatic carbocycles. The Bertz CT molecular complexity index is 978. The third-order valence-electron chi connectivity index (χ3n) is 10.0. The quantitative estimate of drug-likeness (QED) is 0.532. The Kier molecular flexibility index (Phi) is 6.69. The molecule has 3 fully saturated rings. The zero-order chi connectivity index (χ0) is 24.6. The summed E-state index contributed by atoms with van der Waals surface area (Å²) in [6, 6.07) is 9.65. The number of rotatable bonds is 5. The predicted octanol–water partition coefficient (Wildman–Crippen LogP) is 4.72. The first-order chi connectivity index (χ1) is 16.8. The van der Waals surface area contributed by atoms with E-state index in [0.717, 1.165) is 50.5 Å². The summed E-state index contributed by atoms with van der Waals surface area (Å²) in [5.41, 5.74) is 2.74. The van der Waals surface area contributed by atoms with Gasteiger partial charge in [-0.1, -0.05) is 55.8 Å². The van der Waals surface area contributed by atoms with Crippen LogP contribution in [0.15, 0.2) is 42.0 Å². The maximum absolute atomic E-state index is 12.7. The van der Waals surface area contributed by atoms with Crippen LogP contribution in [0.4, 0.5) is 4.79 Å². The fraction of sp³-hybridized carbons (Fsp3) is 0.655. The van der Waals surface area contributed by atoms with E-state index in [0.29, 0.717) is 17.8 Å². The van der Waals surface area contributed by atoms with Crippen LogP contribution in [0.5, 0.6) is 0 Å². The summed E-state index contributed by atoms with van der Waals surface area (Å²) in [5, 5.41) is 16.1. The minimum atomic E-state index is -0.573. The molecule has 0 aromatic heterocycles. The monoisotopic (exact) mass is 480 g/mol. The van der Waals surface area contributed by atoms with Gasteiger partial charge in [-0.25, -0.2) is 4.79 Å². The van der Waals surface area contributed by atoms with Crippen molar-refractivity contribution in [3.63, 3.8) is 0 Å². The number of carbonyl (C=O) groups is 2. The molecular weight excluding hydrogens is 440 g/mol. The zero-order valence-electron chi connectivity index (χ0n) is 21.1. The molecule has 7 atom stereocenters. The highest BCUT2D eigenvalue weighted by Gasteiger charge is 2.58. The molecule has 0 saturated heterocycles. The summed E-state index contributed by atoms with van der Waals surface area (Å²) in [6.45, 7) is 4.94. The molecular formula is C29H40N2O4. The molecule has 0 aliphatic heterocycles. The lowest BCUT2D eigenvalue weighted by Crippen LogP contribution is -2.54. The number of nitrogens with one attached hydrogen (secondary N) is 2. The standard InChI is InChI=1S/C29H40N2O4/c1-28-14-12-21(32)16-20(28)8-9-22-23-10-11-25(29(23,2)15-13-24(22)28)31-26(33)17-30-27(34)35-18-19-6-4-3-5-7-19/h3-8,21-25,32H,9-18H2,1-2H3,(H,30,34)(H,31,33)/t21-,22+,23+,24+,25+,28+,29+/m1/s1. The van der Waals surface area contributed by atoms with E-state index in [1.807, 2.05) is 30.3 Å². The van der Waals surface area contributed by atoms with Gasteiger partial charge in [0, 0.05) is 6.04 Å². The van der Waals surface area contributed by atoms with Gasteiger partial charge in [-0.15, -0.1) is 0 Å². The maximum atomic E-state index is 12.7. The summed E-state index contributed by atoms with van der Waals surface area (Å²) in [7, 11) is 0. The predicted molar refractivity (Wildman–Crippen MR) is 134 cm³/mol. The Labute approximate surface area is 208 Å². The zero-order valence-corrected chi connectivity index (χ0v) is 21.1. The first-order valence-corrected chi connectivity index (χ1v) is 13.4. The van der Waals surface area contributed by atoms with Crippen LogP contribution < -0.4 is 10.6 Å². The van der Waals surface area contributed by atoms with Gasteiger partial charge in [-0.2, -0.15) is 0 Å². The number of hydrogen-bond acceptors (Lipinski definition) is 4. The Morgan fingerprint density at radius 1 is 1.06 bits per heavy atom. The molecule has 6 nitrogen and oxygen atoms in total. The van der Waals surface area contributed by atoms with E-state index >= 15 is 0 Å². The molecule has 2 amide bonds. The van der Waals surface area contributed by atoms with Crippen molar-refractivity contribution in [1.29, 1.82) is 0 Å². The van der Waals surface area contributed by atoms with Gasteiger partial charge in [0.1, 0.15) is 13.2 Å². The summed E-state index contributed by atoms with van der Waals surface area (Å²) >= 11 is 0. The fourth-order valence-corrected chi connectivity index (χ4v) is 8.05. The molecule has 0 spiro atoms. The van der Waals surface area contributed by atoms with E-state index in [1.54, 1.807) is 0 Å². The molecule has 6 heteroatoms. The van der Waals surface area contributed by atoms with Gasteiger partial charge >= 0.3 is 6.09 Å². The molecule has 0 radical (unpaired) electrons. The first kappa shape index (κ1) is 24.4. The van der Waals surface area contributed by atoms with Gasteiger partial charge in [0.15, 0.2) is 0 Å². The topological polar surface area (TPSA) is 87.7 Å². The molecule has 0 unspecified atom stereocenters. The number of alkyl carbamates (subject to hydrolysis) is 1. The van der Waals surface area contributed by atoms with Crippen LogP contribution >= 0.6 is 0 Å².